The van der Waals surface area contributed by atoms with Crippen LogP contribution in [-0.4, -0.2) is 138 Å². The summed E-state index contributed by atoms with van der Waals surface area (Å²) in [4.78, 5) is 70.0. The molecule has 6 aromatic heterocycles. The van der Waals surface area contributed by atoms with Crippen LogP contribution in [0.2, 0.25) is 0 Å². The van der Waals surface area contributed by atoms with Gasteiger partial charge in [-0.25, -0.2) is 9.97 Å². The SMILES string of the molecule is COc1cc(N(C)C)cc2c(OCC(C)C)cc(CN(Cc3ccccn3)Cc3ccccn3)nc12.COc1cc(N(C)C)cc2c(OCC(C)C)cc(CN(Cc3ccccn3)Cc3ccccn3)nc12.O.O.O.O.O=[N+]([O-])[O-].O=[N+]([O-])[O-].O=[N+]([O-])[O-].O=[N+]([O-])[O-].[Zn+2].[Zn+2]. The zero-order valence-corrected chi connectivity index (χ0v) is 59.7. The maximum absolute atomic E-state index is 8.25. The Balaban J connectivity index is -0.000000665. The van der Waals surface area contributed by atoms with Crippen molar-refractivity contribution >= 4 is 33.2 Å². The monoisotopic (exact) mass is 1420 g/mol. The zero-order valence-electron chi connectivity index (χ0n) is 53.7. The van der Waals surface area contributed by atoms with Crippen LogP contribution < -0.4 is 28.7 Å². The molecule has 94 heavy (non-hydrogen) atoms. The molecule has 0 saturated heterocycles. The van der Waals surface area contributed by atoms with E-state index in [9.17, 15) is 0 Å². The van der Waals surface area contributed by atoms with Crippen molar-refractivity contribution in [3.8, 4) is 23.0 Å². The standard InChI is InChI=1S/2C29H35N5O2.4NO3.4H2O.2Zn/c2*1-21(2)20-36-27-14-24(32-29-26(27)15-25(33(3)4)16-28(29)35-5)19-34(17-22-10-6-8-12-30-22)18-23-11-7-9-13-31-23;4*2-1(3)4;;;;;;/h2*6-16,21H,17-20H2,1-5H3;;;;;4*1H2;;/q;;4*-1;;;;;2*+2. The molecule has 504 valence electrons. The molecule has 0 bridgehead atoms. The van der Waals surface area contributed by atoms with E-state index in [1.54, 1.807) is 14.2 Å². The van der Waals surface area contributed by atoms with Gasteiger partial charge in [0.2, 0.25) is 0 Å². The zero-order chi connectivity index (χ0) is 65.3. The van der Waals surface area contributed by atoms with Crippen LogP contribution in [0.15, 0.2) is 134 Å². The molecule has 0 unspecified atom stereocenters. The van der Waals surface area contributed by atoms with Crippen LogP contribution in [-0.2, 0) is 78.2 Å². The summed E-state index contributed by atoms with van der Waals surface area (Å²) in [6.45, 7) is 13.8. The summed E-state index contributed by atoms with van der Waals surface area (Å²) in [5, 5.41) is 60.9. The van der Waals surface area contributed by atoms with E-state index < -0.39 is 20.3 Å². The number of hydrogen-bond donors (Lipinski definition) is 0. The number of rotatable bonds is 22. The number of hydrogen-bond acceptors (Lipinski definition) is 26. The average Bonchev–Trinajstić information content (AvgIpc) is 0.788. The summed E-state index contributed by atoms with van der Waals surface area (Å²) in [5.74, 6) is 3.91. The summed E-state index contributed by atoms with van der Waals surface area (Å²) in [5.41, 5.74) is 9.48. The van der Waals surface area contributed by atoms with Gasteiger partial charge in [-0.1, -0.05) is 52.0 Å². The Kier molecular flexibility index (Phi) is 46.6. The van der Waals surface area contributed by atoms with Gasteiger partial charge in [-0.2, -0.15) is 0 Å². The van der Waals surface area contributed by atoms with Crippen molar-refractivity contribution in [3.05, 3.63) is 229 Å². The van der Waals surface area contributed by atoms with Gasteiger partial charge in [0.05, 0.1) is 81.9 Å². The molecule has 0 amide bonds. The van der Waals surface area contributed by atoms with E-state index in [2.05, 4.69) is 91.5 Å². The topological polar surface area (TPSA) is 518 Å². The van der Waals surface area contributed by atoms with E-state index >= 15 is 0 Å². The maximum Gasteiger partial charge on any atom is 2.00 e. The van der Waals surface area contributed by atoms with Crippen molar-refractivity contribution in [1.29, 1.82) is 0 Å². The van der Waals surface area contributed by atoms with Crippen molar-refractivity contribution < 1.29 is 100 Å². The Labute approximate surface area is 567 Å². The number of aromatic nitrogens is 6. The Morgan fingerprint density at radius 2 is 0.638 bits per heavy atom. The first-order valence-electron chi connectivity index (χ1n) is 26.7. The van der Waals surface area contributed by atoms with E-state index in [-0.39, 0.29) is 60.9 Å². The van der Waals surface area contributed by atoms with Crippen LogP contribution >= 0.6 is 0 Å². The number of ether oxygens (including phenoxy) is 4. The molecular weight excluding hydrogens is 1340 g/mol. The molecule has 0 atom stereocenters. The molecule has 0 fully saturated rings. The Hall–Kier alpha value is -9.53. The number of fused-ring (bicyclic) bond motifs is 2. The molecule has 2 aromatic carbocycles. The average molecular weight is 1420 g/mol. The number of nitrogens with zero attached hydrogens (tertiary/aromatic N) is 14. The van der Waals surface area contributed by atoms with E-state index in [1.165, 1.54) is 0 Å². The molecule has 34 nitrogen and oxygen atoms in total. The van der Waals surface area contributed by atoms with Gasteiger partial charge in [0.1, 0.15) is 34.0 Å². The molecule has 0 saturated carbocycles. The minimum atomic E-state index is -1.75. The smallest absolute Gasteiger partial charge is 0.494 e. The maximum atomic E-state index is 8.25. The Morgan fingerprint density at radius 1 is 0.394 bits per heavy atom. The van der Waals surface area contributed by atoms with Crippen LogP contribution in [0.3, 0.4) is 0 Å². The number of benzene rings is 2. The first kappa shape index (κ1) is 90.9. The summed E-state index contributed by atoms with van der Waals surface area (Å²) in [6.07, 6.45) is 7.31. The van der Waals surface area contributed by atoms with Crippen LogP contribution in [0.5, 0.6) is 23.0 Å². The van der Waals surface area contributed by atoms with Crippen molar-refractivity contribution in [1.82, 2.24) is 39.7 Å². The fourth-order valence-corrected chi connectivity index (χ4v) is 8.02. The first-order valence-corrected chi connectivity index (χ1v) is 26.7. The first-order chi connectivity index (χ1) is 41.8. The van der Waals surface area contributed by atoms with Crippen LogP contribution in [0.25, 0.3) is 21.8 Å². The minimum Gasteiger partial charge on any atom is -0.494 e. The Morgan fingerprint density at radius 3 is 0.840 bits per heavy atom. The molecule has 0 aliphatic heterocycles. The quantitative estimate of drug-likeness (QED) is 0.0401. The summed E-state index contributed by atoms with van der Waals surface area (Å²) in [7, 11) is 11.4. The van der Waals surface area contributed by atoms with Gasteiger partial charge in [0, 0.05) is 139 Å². The van der Waals surface area contributed by atoms with Gasteiger partial charge in [-0.3, -0.25) is 29.7 Å². The van der Waals surface area contributed by atoms with Gasteiger partial charge in [-0.15, -0.1) is 0 Å². The van der Waals surface area contributed by atoms with Gasteiger partial charge < -0.3 is 112 Å². The fraction of sp³-hybridized carbons (Fsp3) is 0.345. The number of anilines is 2. The normalized spacial score (nSPS) is 9.68. The van der Waals surface area contributed by atoms with Crippen molar-refractivity contribution in [2.45, 2.75) is 67.0 Å². The molecule has 6 heterocycles. The number of methoxy groups -OCH3 is 2. The summed E-state index contributed by atoms with van der Waals surface area (Å²) in [6, 6.07) is 36.4. The summed E-state index contributed by atoms with van der Waals surface area (Å²) >= 11 is 0. The molecule has 0 spiro atoms. The Bertz CT molecular complexity index is 3080. The van der Waals surface area contributed by atoms with Crippen LogP contribution in [0, 0.1) is 73.1 Å². The third-order valence-corrected chi connectivity index (χ3v) is 11.6. The second-order valence-corrected chi connectivity index (χ2v) is 20.0. The van der Waals surface area contributed by atoms with Crippen molar-refractivity contribution in [2.75, 3.05) is 65.4 Å². The molecule has 8 aromatic rings. The van der Waals surface area contributed by atoms with Crippen LogP contribution in [0.1, 0.15) is 61.9 Å². The molecular formula is C58H78N14O20Zn2. The molecule has 0 aliphatic carbocycles. The van der Waals surface area contributed by atoms with Gasteiger partial charge in [-0.05, 0) is 72.5 Å². The second kappa shape index (κ2) is 48.2. The largest absolute Gasteiger partial charge is 2.00 e. The van der Waals surface area contributed by atoms with Crippen molar-refractivity contribution in [2.24, 2.45) is 11.8 Å². The second-order valence-electron chi connectivity index (χ2n) is 20.0. The van der Waals surface area contributed by atoms with Crippen molar-refractivity contribution in [3.63, 3.8) is 0 Å². The minimum absolute atomic E-state index is 0. The van der Waals surface area contributed by atoms with Crippen LogP contribution in [0.4, 0.5) is 11.4 Å². The van der Waals surface area contributed by atoms with E-state index in [4.69, 9.17) is 90.2 Å². The summed E-state index contributed by atoms with van der Waals surface area (Å²) < 4.78 is 24.2. The fourth-order valence-electron chi connectivity index (χ4n) is 8.02. The predicted molar refractivity (Wildman–Crippen MR) is 345 cm³/mol. The van der Waals surface area contributed by atoms with E-state index in [0.717, 1.165) is 90.3 Å². The molecule has 8 N–H and O–H groups in total. The molecule has 36 heteroatoms. The molecule has 0 radical (unpaired) electrons. The predicted octanol–water partition coefficient (Wildman–Crippen LogP) is 6.41. The third kappa shape index (κ3) is 35.3. The van der Waals surface area contributed by atoms with Gasteiger partial charge in [0.25, 0.3) is 0 Å². The molecule has 8 rings (SSSR count). The van der Waals surface area contributed by atoms with Gasteiger partial charge >= 0.3 is 39.0 Å². The molecule has 0 aliphatic rings. The van der Waals surface area contributed by atoms with Gasteiger partial charge in [0.15, 0.2) is 0 Å². The number of pyridine rings is 6. The van der Waals surface area contributed by atoms with E-state index in [0.29, 0.717) is 64.3 Å². The third-order valence-electron chi connectivity index (χ3n) is 11.6. The van der Waals surface area contributed by atoms with E-state index in [1.807, 2.05) is 138 Å².